The van der Waals surface area contributed by atoms with Crippen LogP contribution in [0.1, 0.15) is 18.1 Å². The maximum absolute atomic E-state index is 13.7. The first-order chi connectivity index (χ1) is 17.8. The van der Waals surface area contributed by atoms with E-state index in [1.807, 2.05) is 6.92 Å². The molecule has 0 atom stereocenters. The Morgan fingerprint density at radius 1 is 1.08 bits per heavy atom. The first kappa shape index (κ1) is 25.6. The molecule has 0 radical (unpaired) electrons. The summed E-state index contributed by atoms with van der Waals surface area (Å²) in [6.07, 6.45) is 1.62. The molecule has 0 spiro atoms. The molecule has 9 nitrogen and oxygen atoms in total. The van der Waals surface area contributed by atoms with Gasteiger partial charge in [-0.1, -0.05) is 6.07 Å². The molecular formula is C26H22FN3O6S. The van der Waals surface area contributed by atoms with Gasteiger partial charge >= 0.3 is 5.69 Å². The third kappa shape index (κ3) is 5.67. The van der Waals surface area contributed by atoms with Crippen LogP contribution in [0.15, 0.2) is 66.4 Å². The summed E-state index contributed by atoms with van der Waals surface area (Å²) in [7, 11) is 1.47. The van der Waals surface area contributed by atoms with Crippen LogP contribution in [0.3, 0.4) is 0 Å². The molecule has 0 saturated carbocycles. The highest BCUT2D eigenvalue weighted by Crippen LogP contribution is 2.30. The quantitative estimate of drug-likeness (QED) is 0.181. The summed E-state index contributed by atoms with van der Waals surface area (Å²) in [5.74, 6) is -0.0644. The van der Waals surface area contributed by atoms with Gasteiger partial charge in [-0.15, -0.1) is 0 Å². The highest BCUT2D eigenvalue weighted by atomic mass is 32.1. The Hall–Kier alpha value is -4.51. The second-order valence-electron chi connectivity index (χ2n) is 7.78. The fourth-order valence-corrected chi connectivity index (χ4v) is 4.00. The van der Waals surface area contributed by atoms with Crippen molar-refractivity contribution < 1.29 is 28.3 Å². The van der Waals surface area contributed by atoms with Crippen LogP contribution in [-0.2, 0) is 11.4 Å². The van der Waals surface area contributed by atoms with Crippen LogP contribution in [0.4, 0.5) is 15.8 Å². The van der Waals surface area contributed by atoms with Crippen molar-refractivity contribution in [3.8, 4) is 17.2 Å². The SMILES string of the molecule is CCOc1ccc(N2C(=O)/C(=C\c3ccc(OC)c(COc4cc(F)ccc4[N+](=O)[O-])c3)NC2=S)cc1. The maximum Gasteiger partial charge on any atom is 0.311 e. The Morgan fingerprint density at radius 2 is 1.84 bits per heavy atom. The van der Waals surface area contributed by atoms with Crippen LogP contribution >= 0.6 is 12.2 Å². The predicted octanol–water partition coefficient (Wildman–Crippen LogP) is 4.98. The van der Waals surface area contributed by atoms with Gasteiger partial charge in [-0.25, -0.2) is 4.39 Å². The number of hydrogen-bond donors (Lipinski definition) is 1. The number of carbonyl (C=O) groups is 1. The Balaban J connectivity index is 1.56. The Kier molecular flexibility index (Phi) is 7.63. The molecule has 4 rings (SSSR count). The number of nitrogens with zero attached hydrogens (tertiary/aromatic N) is 2. The van der Waals surface area contributed by atoms with E-state index >= 15 is 0 Å². The second kappa shape index (κ2) is 11.0. The summed E-state index contributed by atoms with van der Waals surface area (Å²) >= 11 is 5.38. The minimum atomic E-state index is -0.662. The normalized spacial score (nSPS) is 14.0. The van der Waals surface area contributed by atoms with Gasteiger partial charge in [-0.3, -0.25) is 19.8 Å². The zero-order chi connectivity index (χ0) is 26.5. The lowest BCUT2D eigenvalue weighted by atomic mass is 10.1. The number of methoxy groups -OCH3 is 1. The van der Waals surface area contributed by atoms with Gasteiger partial charge < -0.3 is 19.5 Å². The molecule has 1 N–H and O–H groups in total. The first-order valence-corrected chi connectivity index (χ1v) is 11.5. The van der Waals surface area contributed by atoms with E-state index in [0.29, 0.717) is 34.9 Å². The van der Waals surface area contributed by atoms with Crippen molar-refractivity contribution >= 4 is 40.7 Å². The minimum absolute atomic E-state index is 0.136. The first-order valence-electron chi connectivity index (χ1n) is 11.1. The van der Waals surface area contributed by atoms with Gasteiger partial charge in [-0.2, -0.15) is 0 Å². The van der Waals surface area contributed by atoms with Gasteiger partial charge in [0, 0.05) is 17.7 Å². The molecule has 3 aromatic rings. The molecule has 1 aliphatic heterocycles. The number of hydrogen-bond acceptors (Lipinski definition) is 7. The van der Waals surface area contributed by atoms with E-state index in [4.69, 9.17) is 26.4 Å². The number of nitro groups is 1. The van der Waals surface area contributed by atoms with Crippen molar-refractivity contribution in [3.05, 3.63) is 93.4 Å². The van der Waals surface area contributed by atoms with Crippen molar-refractivity contribution in [2.45, 2.75) is 13.5 Å². The Morgan fingerprint density at radius 3 is 2.51 bits per heavy atom. The third-order valence-corrected chi connectivity index (χ3v) is 5.69. The van der Waals surface area contributed by atoms with Crippen LogP contribution in [0.2, 0.25) is 0 Å². The summed E-state index contributed by atoms with van der Waals surface area (Å²) in [5, 5.41) is 14.4. The molecule has 0 unspecified atom stereocenters. The number of carbonyl (C=O) groups excluding carboxylic acids is 1. The van der Waals surface area contributed by atoms with Crippen molar-refractivity contribution in [2.75, 3.05) is 18.6 Å². The average molecular weight is 524 g/mol. The van der Waals surface area contributed by atoms with Gasteiger partial charge in [-0.05, 0) is 73.2 Å². The van der Waals surface area contributed by atoms with Gasteiger partial charge in [0.05, 0.1) is 24.3 Å². The highest BCUT2D eigenvalue weighted by Gasteiger charge is 2.32. The molecule has 0 aromatic heterocycles. The van der Waals surface area contributed by atoms with Crippen molar-refractivity contribution in [2.24, 2.45) is 0 Å². The van der Waals surface area contributed by atoms with E-state index in [2.05, 4.69) is 5.32 Å². The van der Waals surface area contributed by atoms with Gasteiger partial charge in [0.1, 0.15) is 29.6 Å². The second-order valence-corrected chi connectivity index (χ2v) is 8.17. The molecule has 1 aliphatic rings. The zero-order valence-corrected chi connectivity index (χ0v) is 20.7. The van der Waals surface area contributed by atoms with Gasteiger partial charge in [0.25, 0.3) is 5.91 Å². The number of ether oxygens (including phenoxy) is 3. The van der Waals surface area contributed by atoms with E-state index in [-0.39, 0.29) is 34.8 Å². The van der Waals surface area contributed by atoms with Gasteiger partial charge in [0.15, 0.2) is 10.9 Å². The molecule has 1 fully saturated rings. The summed E-state index contributed by atoms with van der Waals surface area (Å²) in [4.78, 5) is 25.1. The van der Waals surface area contributed by atoms with Crippen molar-refractivity contribution in [1.82, 2.24) is 5.32 Å². The minimum Gasteiger partial charge on any atom is -0.496 e. The molecule has 1 saturated heterocycles. The Bertz CT molecular complexity index is 1390. The van der Waals surface area contributed by atoms with E-state index in [1.54, 1.807) is 48.5 Å². The molecule has 3 aromatic carbocycles. The smallest absolute Gasteiger partial charge is 0.311 e. The number of anilines is 1. The van der Waals surface area contributed by atoms with Crippen molar-refractivity contribution in [1.29, 1.82) is 0 Å². The topological polar surface area (TPSA) is 103 Å². The molecule has 0 aliphatic carbocycles. The monoisotopic (exact) mass is 523 g/mol. The highest BCUT2D eigenvalue weighted by molar-refractivity contribution is 7.80. The van der Waals surface area contributed by atoms with E-state index in [1.165, 1.54) is 12.0 Å². The maximum atomic E-state index is 13.7. The standard InChI is InChI=1S/C26H22FN3O6S/c1-3-35-20-8-6-19(7-9-20)29-25(31)21(28-26(29)37)13-16-4-11-23(34-2)17(12-16)15-36-24-14-18(27)5-10-22(24)30(32)33/h4-14H,3,15H2,1-2H3,(H,28,37)/b21-13+. The molecule has 37 heavy (non-hydrogen) atoms. The van der Waals surface area contributed by atoms with Crippen LogP contribution in [0.25, 0.3) is 6.08 Å². The fraction of sp³-hybridized carbons (Fsp3) is 0.154. The van der Waals surface area contributed by atoms with Crippen LogP contribution in [-0.4, -0.2) is 29.7 Å². The molecule has 1 heterocycles. The van der Waals surface area contributed by atoms with E-state index < -0.39 is 10.7 Å². The fourth-order valence-electron chi connectivity index (χ4n) is 3.71. The summed E-state index contributed by atoms with van der Waals surface area (Å²) in [6, 6.07) is 15.1. The van der Waals surface area contributed by atoms with Crippen molar-refractivity contribution in [3.63, 3.8) is 0 Å². The van der Waals surface area contributed by atoms with Crippen LogP contribution in [0.5, 0.6) is 17.2 Å². The number of amides is 1. The number of thiocarbonyl (C=S) groups is 1. The third-order valence-electron chi connectivity index (χ3n) is 5.40. The van der Waals surface area contributed by atoms with Gasteiger partial charge in [0.2, 0.25) is 0 Å². The number of rotatable bonds is 9. The lowest BCUT2D eigenvalue weighted by Crippen LogP contribution is -2.30. The lowest BCUT2D eigenvalue weighted by molar-refractivity contribution is -0.386. The molecule has 190 valence electrons. The number of nitro benzene ring substituents is 1. The molecule has 0 bridgehead atoms. The number of halogens is 1. The average Bonchev–Trinajstić information content (AvgIpc) is 3.15. The molecule has 1 amide bonds. The largest absolute Gasteiger partial charge is 0.496 e. The summed E-state index contributed by atoms with van der Waals surface area (Å²) < 4.78 is 30.0. The molecule has 11 heteroatoms. The van der Waals surface area contributed by atoms with Crippen LogP contribution < -0.4 is 24.4 Å². The predicted molar refractivity (Wildman–Crippen MR) is 139 cm³/mol. The molecular weight excluding hydrogens is 501 g/mol. The lowest BCUT2D eigenvalue weighted by Gasteiger charge is -2.14. The zero-order valence-electron chi connectivity index (χ0n) is 19.9. The summed E-state index contributed by atoms with van der Waals surface area (Å²) in [6.45, 7) is 2.28. The summed E-state index contributed by atoms with van der Waals surface area (Å²) in [5.41, 5.74) is 1.65. The van der Waals surface area contributed by atoms with E-state index in [0.717, 1.165) is 18.2 Å². The number of benzene rings is 3. The number of nitrogens with one attached hydrogen (secondary N) is 1. The van der Waals surface area contributed by atoms with Crippen LogP contribution in [0, 0.1) is 15.9 Å². The Labute approximate surface area is 217 Å². The van der Waals surface area contributed by atoms with E-state index in [9.17, 15) is 19.3 Å².